The summed E-state index contributed by atoms with van der Waals surface area (Å²) in [6, 6.07) is 3.43. The van der Waals surface area contributed by atoms with E-state index in [4.69, 9.17) is 5.11 Å². The first-order chi connectivity index (χ1) is 6.24. The van der Waals surface area contributed by atoms with E-state index in [-0.39, 0.29) is 0 Å². The third kappa shape index (κ3) is 2.74. The predicted molar refractivity (Wildman–Crippen MR) is 49.9 cm³/mol. The third-order valence-corrected chi connectivity index (χ3v) is 1.62. The van der Waals surface area contributed by atoms with Crippen LogP contribution in [0.4, 0.5) is 10.5 Å². The Kier molecular flexibility index (Phi) is 3.25. The van der Waals surface area contributed by atoms with E-state index >= 15 is 0 Å². The lowest BCUT2D eigenvalue weighted by molar-refractivity contribution is 0.209. The molecule has 1 amide bonds. The number of hydrogen-bond donors (Lipinski definition) is 2. The Bertz CT molecular complexity index is 299. The van der Waals surface area contributed by atoms with Crippen molar-refractivity contribution in [1.29, 1.82) is 0 Å². The maximum absolute atomic E-state index is 10.4. The fourth-order valence-electron chi connectivity index (χ4n) is 1.10. The molecule has 0 spiro atoms. The molecule has 13 heavy (non-hydrogen) atoms. The summed E-state index contributed by atoms with van der Waals surface area (Å²) in [4.78, 5) is 14.5. The van der Waals surface area contributed by atoms with Crippen LogP contribution in [-0.4, -0.2) is 16.2 Å². The summed E-state index contributed by atoms with van der Waals surface area (Å²) in [6.07, 6.45) is 2.35. The fourth-order valence-corrected chi connectivity index (χ4v) is 1.10. The van der Waals surface area contributed by atoms with Crippen LogP contribution in [-0.2, 0) is 6.42 Å². The molecule has 0 aliphatic heterocycles. The van der Waals surface area contributed by atoms with Gasteiger partial charge < -0.3 is 5.11 Å². The molecular weight excluding hydrogens is 168 g/mol. The highest BCUT2D eigenvalue weighted by Gasteiger charge is 2.04. The molecule has 0 radical (unpaired) electrons. The molecule has 0 unspecified atom stereocenters. The second-order valence-corrected chi connectivity index (χ2v) is 2.68. The Hall–Kier alpha value is -1.58. The van der Waals surface area contributed by atoms with E-state index in [1.54, 1.807) is 18.3 Å². The van der Waals surface area contributed by atoms with Gasteiger partial charge in [-0.2, -0.15) is 0 Å². The highest BCUT2D eigenvalue weighted by Crippen LogP contribution is 2.13. The van der Waals surface area contributed by atoms with Gasteiger partial charge in [0.1, 0.15) is 0 Å². The number of carbonyl (C=O) groups is 1. The first-order valence-corrected chi connectivity index (χ1v) is 4.18. The number of amides is 1. The van der Waals surface area contributed by atoms with Crippen molar-refractivity contribution < 1.29 is 9.90 Å². The number of aromatic nitrogens is 1. The molecule has 0 bridgehead atoms. The van der Waals surface area contributed by atoms with Crippen LogP contribution < -0.4 is 5.32 Å². The van der Waals surface area contributed by atoms with Crippen LogP contribution in [0.1, 0.15) is 19.0 Å². The Balaban J connectivity index is 2.84. The quantitative estimate of drug-likeness (QED) is 0.748. The largest absolute Gasteiger partial charge is 0.465 e. The van der Waals surface area contributed by atoms with Gasteiger partial charge in [-0.25, -0.2) is 4.79 Å². The van der Waals surface area contributed by atoms with Crippen molar-refractivity contribution in [2.24, 2.45) is 0 Å². The zero-order valence-electron chi connectivity index (χ0n) is 7.45. The van der Waals surface area contributed by atoms with Gasteiger partial charge in [-0.3, -0.25) is 10.3 Å². The van der Waals surface area contributed by atoms with Crippen molar-refractivity contribution in [2.45, 2.75) is 19.8 Å². The molecule has 70 valence electrons. The van der Waals surface area contributed by atoms with Crippen molar-refractivity contribution in [1.82, 2.24) is 4.98 Å². The van der Waals surface area contributed by atoms with Crippen LogP contribution in [0.25, 0.3) is 0 Å². The summed E-state index contributed by atoms with van der Waals surface area (Å²) in [5.41, 5.74) is 1.38. The normalized spacial score (nSPS) is 9.62. The second-order valence-electron chi connectivity index (χ2n) is 2.68. The maximum Gasteiger partial charge on any atom is 0.409 e. The van der Waals surface area contributed by atoms with E-state index in [1.165, 1.54) is 0 Å². The van der Waals surface area contributed by atoms with Gasteiger partial charge in [-0.05, 0) is 18.6 Å². The number of pyridine rings is 1. The van der Waals surface area contributed by atoms with Crippen LogP contribution >= 0.6 is 0 Å². The van der Waals surface area contributed by atoms with Gasteiger partial charge in [0.15, 0.2) is 0 Å². The number of carboxylic acid groups (broad SMARTS) is 1. The maximum atomic E-state index is 10.4. The van der Waals surface area contributed by atoms with Crippen molar-refractivity contribution in [3.8, 4) is 0 Å². The third-order valence-electron chi connectivity index (χ3n) is 1.62. The molecule has 0 saturated heterocycles. The molecule has 1 rings (SSSR count). The topological polar surface area (TPSA) is 62.2 Å². The van der Waals surface area contributed by atoms with Crippen molar-refractivity contribution in [3.05, 3.63) is 24.0 Å². The molecule has 4 nitrogen and oxygen atoms in total. The summed E-state index contributed by atoms with van der Waals surface area (Å²) in [5, 5.41) is 10.8. The Morgan fingerprint density at radius 1 is 1.69 bits per heavy atom. The molecule has 0 aliphatic carbocycles. The molecule has 0 aliphatic rings. The summed E-state index contributed by atoms with van der Waals surface area (Å²) in [6.45, 7) is 2.03. The summed E-state index contributed by atoms with van der Waals surface area (Å²) < 4.78 is 0. The predicted octanol–water partition coefficient (Wildman–Crippen LogP) is 2.12. The number of aryl methyl sites for hydroxylation is 1. The Labute approximate surface area is 76.6 Å². The highest BCUT2D eigenvalue weighted by molar-refractivity contribution is 5.83. The standard InChI is InChI=1S/C9H12N2O2/c1-2-4-7-8(11-9(12)13)5-3-6-10-7/h3,5-6,11H,2,4H2,1H3,(H,12,13). The minimum absolute atomic E-state index is 0.580. The lowest BCUT2D eigenvalue weighted by atomic mass is 10.2. The number of rotatable bonds is 3. The molecule has 0 aromatic carbocycles. The first kappa shape index (κ1) is 9.51. The minimum Gasteiger partial charge on any atom is -0.465 e. The zero-order valence-corrected chi connectivity index (χ0v) is 7.45. The highest BCUT2D eigenvalue weighted by atomic mass is 16.4. The van der Waals surface area contributed by atoms with E-state index in [2.05, 4.69) is 10.3 Å². The summed E-state index contributed by atoms with van der Waals surface area (Å²) >= 11 is 0. The zero-order chi connectivity index (χ0) is 9.68. The van der Waals surface area contributed by atoms with Gasteiger partial charge in [0.2, 0.25) is 0 Å². The lowest BCUT2D eigenvalue weighted by Gasteiger charge is -2.05. The van der Waals surface area contributed by atoms with Crippen LogP contribution in [0.2, 0.25) is 0 Å². The van der Waals surface area contributed by atoms with E-state index in [0.717, 1.165) is 18.5 Å². The lowest BCUT2D eigenvalue weighted by Crippen LogP contribution is -2.10. The van der Waals surface area contributed by atoms with E-state index in [0.29, 0.717) is 5.69 Å². The first-order valence-electron chi connectivity index (χ1n) is 4.18. The monoisotopic (exact) mass is 180 g/mol. The molecule has 1 heterocycles. The second kappa shape index (κ2) is 4.45. The van der Waals surface area contributed by atoms with E-state index in [9.17, 15) is 4.79 Å². The van der Waals surface area contributed by atoms with Gasteiger partial charge in [0.05, 0.1) is 11.4 Å². The summed E-state index contributed by atoms with van der Waals surface area (Å²) in [5.74, 6) is 0. The molecule has 4 heteroatoms. The van der Waals surface area contributed by atoms with E-state index < -0.39 is 6.09 Å². The molecule has 2 N–H and O–H groups in total. The van der Waals surface area contributed by atoms with Crippen molar-refractivity contribution in [2.75, 3.05) is 5.32 Å². The van der Waals surface area contributed by atoms with Gasteiger partial charge in [-0.1, -0.05) is 13.3 Å². The van der Waals surface area contributed by atoms with Gasteiger partial charge in [0.25, 0.3) is 0 Å². The average Bonchev–Trinajstić information content (AvgIpc) is 2.08. The number of hydrogen-bond acceptors (Lipinski definition) is 2. The van der Waals surface area contributed by atoms with Gasteiger partial charge in [-0.15, -0.1) is 0 Å². The van der Waals surface area contributed by atoms with Crippen LogP contribution in [0.5, 0.6) is 0 Å². The fraction of sp³-hybridized carbons (Fsp3) is 0.333. The van der Waals surface area contributed by atoms with Crippen molar-refractivity contribution in [3.63, 3.8) is 0 Å². The van der Waals surface area contributed by atoms with E-state index in [1.807, 2.05) is 6.92 Å². The van der Waals surface area contributed by atoms with Gasteiger partial charge in [0, 0.05) is 6.20 Å². The number of nitrogens with zero attached hydrogens (tertiary/aromatic N) is 1. The van der Waals surface area contributed by atoms with Crippen LogP contribution in [0.3, 0.4) is 0 Å². The molecule has 1 aromatic rings. The smallest absolute Gasteiger partial charge is 0.409 e. The SMILES string of the molecule is CCCc1ncccc1NC(=O)O. The molecule has 1 aromatic heterocycles. The molecule has 0 fully saturated rings. The molecular formula is C9H12N2O2. The van der Waals surface area contributed by atoms with Gasteiger partial charge >= 0.3 is 6.09 Å². The van der Waals surface area contributed by atoms with Crippen molar-refractivity contribution >= 4 is 11.8 Å². The number of anilines is 1. The number of nitrogens with one attached hydrogen (secondary N) is 1. The molecule has 0 saturated carbocycles. The minimum atomic E-state index is -1.05. The van der Waals surface area contributed by atoms with Crippen LogP contribution in [0, 0.1) is 0 Å². The average molecular weight is 180 g/mol. The Morgan fingerprint density at radius 3 is 3.08 bits per heavy atom. The summed E-state index contributed by atoms with van der Waals surface area (Å²) in [7, 11) is 0. The Morgan fingerprint density at radius 2 is 2.46 bits per heavy atom. The van der Waals surface area contributed by atoms with Crippen LogP contribution in [0.15, 0.2) is 18.3 Å². The molecule has 0 atom stereocenters.